The highest BCUT2D eigenvalue weighted by atomic mass is 32.1. The fourth-order valence-electron chi connectivity index (χ4n) is 3.05. The number of hydrogen-bond acceptors (Lipinski definition) is 5. The lowest BCUT2D eigenvalue weighted by atomic mass is 10.1. The van der Waals surface area contributed by atoms with Crippen LogP contribution in [0.25, 0.3) is 10.7 Å². The summed E-state index contributed by atoms with van der Waals surface area (Å²) in [5, 5.41) is 16.8. The number of carbonyl (C=O) groups is 1. The zero-order chi connectivity index (χ0) is 16.5. The largest absolute Gasteiger partial charge is 0.322 e. The summed E-state index contributed by atoms with van der Waals surface area (Å²) in [5.41, 5.74) is 2.44. The van der Waals surface area contributed by atoms with Gasteiger partial charge in [-0.05, 0) is 12.8 Å². The van der Waals surface area contributed by atoms with E-state index in [-0.39, 0.29) is 12.1 Å². The van der Waals surface area contributed by atoms with Gasteiger partial charge in [-0.15, -0.1) is 11.3 Å². The highest BCUT2D eigenvalue weighted by molar-refractivity contribution is 7.13. The van der Waals surface area contributed by atoms with E-state index in [0.717, 1.165) is 35.7 Å². The SMILES string of the molecule is Cn1cc([C@H]2CCCN2C(=O)Nc2cn[nH]c2-c2nccs2)cn1. The Hall–Kier alpha value is -2.68. The molecule has 2 N–H and O–H groups in total. The van der Waals surface area contributed by atoms with Crippen LogP contribution in [0.15, 0.2) is 30.2 Å². The number of carbonyl (C=O) groups excluding carboxylic acids is 1. The lowest BCUT2D eigenvalue weighted by molar-refractivity contribution is 0.207. The van der Waals surface area contributed by atoms with Crippen molar-refractivity contribution in [3.63, 3.8) is 0 Å². The molecule has 1 aliphatic heterocycles. The Balaban J connectivity index is 1.53. The zero-order valence-electron chi connectivity index (χ0n) is 13.1. The Labute approximate surface area is 142 Å². The lowest BCUT2D eigenvalue weighted by Crippen LogP contribution is -2.34. The second kappa shape index (κ2) is 6.08. The molecule has 1 atom stereocenters. The second-order valence-electron chi connectivity index (χ2n) is 5.72. The Morgan fingerprint density at radius 2 is 2.38 bits per heavy atom. The smallest absolute Gasteiger partial charge is 0.317 e. The summed E-state index contributed by atoms with van der Waals surface area (Å²) < 4.78 is 1.76. The first-order valence-electron chi connectivity index (χ1n) is 7.72. The normalized spacial score (nSPS) is 17.4. The molecule has 24 heavy (non-hydrogen) atoms. The number of likely N-dealkylation sites (tertiary alicyclic amines) is 1. The van der Waals surface area contributed by atoms with E-state index in [2.05, 4.69) is 25.6 Å². The maximum absolute atomic E-state index is 12.8. The molecule has 3 aromatic heterocycles. The third-order valence-electron chi connectivity index (χ3n) is 4.15. The zero-order valence-corrected chi connectivity index (χ0v) is 14.0. The number of amides is 2. The van der Waals surface area contributed by atoms with Crippen molar-refractivity contribution in [1.82, 2.24) is 29.9 Å². The topological polar surface area (TPSA) is 91.7 Å². The van der Waals surface area contributed by atoms with Crippen molar-refractivity contribution in [1.29, 1.82) is 0 Å². The van der Waals surface area contributed by atoms with Gasteiger partial charge in [0.1, 0.15) is 10.7 Å². The molecule has 0 spiro atoms. The van der Waals surface area contributed by atoms with Crippen LogP contribution in [-0.2, 0) is 7.05 Å². The summed E-state index contributed by atoms with van der Waals surface area (Å²) in [6.07, 6.45) is 9.07. The minimum atomic E-state index is -0.124. The summed E-state index contributed by atoms with van der Waals surface area (Å²) in [6.45, 7) is 0.732. The predicted molar refractivity (Wildman–Crippen MR) is 90.6 cm³/mol. The molecule has 3 aromatic rings. The summed E-state index contributed by atoms with van der Waals surface area (Å²) in [5.74, 6) is 0. The minimum absolute atomic E-state index is 0.0638. The summed E-state index contributed by atoms with van der Waals surface area (Å²) in [7, 11) is 1.88. The summed E-state index contributed by atoms with van der Waals surface area (Å²) in [4.78, 5) is 18.9. The predicted octanol–water partition coefficient (Wildman–Crippen LogP) is 2.64. The van der Waals surface area contributed by atoms with Crippen LogP contribution in [0.4, 0.5) is 10.5 Å². The Morgan fingerprint density at radius 1 is 1.46 bits per heavy atom. The molecule has 0 saturated carbocycles. The van der Waals surface area contributed by atoms with E-state index in [1.165, 1.54) is 11.3 Å². The number of thiazole rings is 1. The van der Waals surface area contributed by atoms with Crippen molar-refractivity contribution in [2.24, 2.45) is 7.05 Å². The van der Waals surface area contributed by atoms with E-state index >= 15 is 0 Å². The molecule has 9 heteroatoms. The summed E-state index contributed by atoms with van der Waals surface area (Å²) in [6, 6.07) is -0.0607. The van der Waals surface area contributed by atoms with Crippen LogP contribution in [-0.4, -0.2) is 42.4 Å². The van der Waals surface area contributed by atoms with Crippen molar-refractivity contribution in [3.8, 4) is 10.7 Å². The first kappa shape index (κ1) is 14.9. The second-order valence-corrected chi connectivity index (χ2v) is 6.62. The number of nitrogens with zero attached hydrogens (tertiary/aromatic N) is 5. The van der Waals surface area contributed by atoms with E-state index < -0.39 is 0 Å². The van der Waals surface area contributed by atoms with Gasteiger partial charge in [0, 0.05) is 36.9 Å². The molecule has 0 radical (unpaired) electrons. The van der Waals surface area contributed by atoms with Gasteiger partial charge in [0.25, 0.3) is 0 Å². The number of aromatic amines is 1. The van der Waals surface area contributed by atoms with Crippen molar-refractivity contribution < 1.29 is 4.79 Å². The van der Waals surface area contributed by atoms with E-state index in [0.29, 0.717) is 5.69 Å². The molecular weight excluding hydrogens is 326 g/mol. The third kappa shape index (κ3) is 2.67. The maximum Gasteiger partial charge on any atom is 0.322 e. The number of nitrogens with one attached hydrogen (secondary N) is 2. The highest BCUT2D eigenvalue weighted by Crippen LogP contribution is 2.33. The van der Waals surface area contributed by atoms with Crippen LogP contribution in [0.5, 0.6) is 0 Å². The first-order chi connectivity index (χ1) is 11.7. The Morgan fingerprint density at radius 3 is 3.12 bits per heavy atom. The van der Waals surface area contributed by atoms with Crippen LogP contribution in [0.3, 0.4) is 0 Å². The number of rotatable bonds is 3. The first-order valence-corrected chi connectivity index (χ1v) is 8.60. The van der Waals surface area contributed by atoms with E-state index in [1.807, 2.05) is 29.7 Å². The molecule has 8 nitrogen and oxygen atoms in total. The molecule has 0 aliphatic carbocycles. The van der Waals surface area contributed by atoms with Crippen LogP contribution >= 0.6 is 11.3 Å². The average molecular weight is 343 g/mol. The Bertz CT molecular complexity index is 838. The molecule has 1 fully saturated rings. The van der Waals surface area contributed by atoms with Crippen LogP contribution in [0.2, 0.25) is 0 Å². The lowest BCUT2D eigenvalue weighted by Gasteiger charge is -2.24. The number of hydrogen-bond donors (Lipinski definition) is 2. The number of urea groups is 1. The van der Waals surface area contributed by atoms with E-state index in [1.54, 1.807) is 17.1 Å². The van der Waals surface area contributed by atoms with Gasteiger partial charge in [-0.1, -0.05) is 0 Å². The number of aryl methyl sites for hydroxylation is 1. The fraction of sp³-hybridized carbons (Fsp3) is 0.333. The molecule has 0 aromatic carbocycles. The monoisotopic (exact) mass is 343 g/mol. The van der Waals surface area contributed by atoms with Crippen molar-refractivity contribution >= 4 is 23.1 Å². The van der Waals surface area contributed by atoms with Crippen LogP contribution < -0.4 is 5.32 Å². The van der Waals surface area contributed by atoms with Crippen molar-refractivity contribution in [3.05, 3.63) is 35.7 Å². The quantitative estimate of drug-likeness (QED) is 0.765. The Kier molecular flexibility index (Phi) is 3.77. The third-order valence-corrected chi connectivity index (χ3v) is 4.94. The van der Waals surface area contributed by atoms with Gasteiger partial charge in [-0.3, -0.25) is 9.78 Å². The fourth-order valence-corrected chi connectivity index (χ4v) is 3.69. The number of H-pyrrole nitrogens is 1. The molecule has 2 amide bonds. The van der Waals surface area contributed by atoms with E-state index in [9.17, 15) is 4.79 Å². The molecule has 124 valence electrons. The van der Waals surface area contributed by atoms with Gasteiger partial charge < -0.3 is 10.2 Å². The minimum Gasteiger partial charge on any atom is -0.317 e. The summed E-state index contributed by atoms with van der Waals surface area (Å²) >= 11 is 1.50. The standard InChI is InChI=1S/C15H17N7OS/c1-21-9-10(7-18-21)12-3-2-5-22(12)15(23)19-11-8-17-20-13(11)14-16-4-6-24-14/h4,6-9,12H,2-3,5H2,1H3,(H,17,20)(H,19,23)/t12-/m1/s1. The van der Waals surface area contributed by atoms with Gasteiger partial charge >= 0.3 is 6.03 Å². The highest BCUT2D eigenvalue weighted by Gasteiger charge is 2.31. The molecule has 1 saturated heterocycles. The van der Waals surface area contributed by atoms with Crippen molar-refractivity contribution in [2.45, 2.75) is 18.9 Å². The molecule has 0 unspecified atom stereocenters. The van der Waals surface area contributed by atoms with Gasteiger partial charge in [-0.25, -0.2) is 9.78 Å². The number of anilines is 1. The van der Waals surface area contributed by atoms with Gasteiger partial charge in [-0.2, -0.15) is 10.2 Å². The van der Waals surface area contributed by atoms with E-state index in [4.69, 9.17) is 0 Å². The molecular formula is C15H17N7OS. The van der Waals surface area contributed by atoms with Gasteiger partial charge in [0.2, 0.25) is 0 Å². The molecule has 0 bridgehead atoms. The number of aromatic nitrogens is 5. The van der Waals surface area contributed by atoms with Gasteiger partial charge in [0.15, 0.2) is 0 Å². The average Bonchev–Trinajstić information content (AvgIpc) is 3.34. The van der Waals surface area contributed by atoms with Crippen LogP contribution in [0, 0.1) is 0 Å². The van der Waals surface area contributed by atoms with Crippen LogP contribution in [0.1, 0.15) is 24.4 Å². The maximum atomic E-state index is 12.8. The van der Waals surface area contributed by atoms with Crippen molar-refractivity contribution in [2.75, 3.05) is 11.9 Å². The van der Waals surface area contributed by atoms with Gasteiger partial charge in [0.05, 0.1) is 24.1 Å². The molecule has 1 aliphatic rings. The molecule has 4 rings (SSSR count). The molecule has 4 heterocycles.